The summed E-state index contributed by atoms with van der Waals surface area (Å²) >= 11 is 5.93. The largest absolute Gasteiger partial charge is 0.348 e. The molecule has 1 aliphatic carbocycles. The molecule has 5 nitrogen and oxygen atoms in total. The third kappa shape index (κ3) is 5.62. The first-order valence-electron chi connectivity index (χ1n) is 10.4. The first kappa shape index (κ1) is 22.8. The predicted octanol–water partition coefficient (Wildman–Crippen LogP) is 4.85. The van der Waals surface area contributed by atoms with Gasteiger partial charge < -0.3 is 5.32 Å². The van der Waals surface area contributed by atoms with E-state index in [1.54, 1.807) is 36.4 Å². The standard InChI is InChI=1S/C23H29ClN2O3S/c1-17-8-14-22(15-9-17)30(28,29)26(21-6-4-3-5-7-21)16-23(27)25-18(2)19-10-12-20(24)13-11-19/h8-15,18,21H,3-7,16H2,1-2H3,(H,25,27). The molecule has 0 bridgehead atoms. The monoisotopic (exact) mass is 448 g/mol. The summed E-state index contributed by atoms with van der Waals surface area (Å²) in [4.78, 5) is 13.1. The second-order valence-corrected chi connectivity index (χ2v) is 10.3. The Morgan fingerprint density at radius 2 is 1.67 bits per heavy atom. The van der Waals surface area contributed by atoms with Crippen molar-refractivity contribution >= 4 is 27.5 Å². The van der Waals surface area contributed by atoms with E-state index in [1.165, 1.54) is 4.31 Å². The molecule has 1 amide bonds. The summed E-state index contributed by atoms with van der Waals surface area (Å²) < 4.78 is 28.2. The highest BCUT2D eigenvalue weighted by atomic mass is 35.5. The van der Waals surface area contributed by atoms with Crippen molar-refractivity contribution < 1.29 is 13.2 Å². The molecule has 2 aromatic rings. The van der Waals surface area contributed by atoms with Crippen LogP contribution in [0.15, 0.2) is 53.4 Å². The number of rotatable bonds is 7. The average Bonchev–Trinajstić information content (AvgIpc) is 2.73. The van der Waals surface area contributed by atoms with E-state index in [0.717, 1.165) is 43.2 Å². The fourth-order valence-electron chi connectivity index (χ4n) is 3.89. The third-order valence-corrected chi connectivity index (χ3v) is 7.82. The fraction of sp³-hybridized carbons (Fsp3) is 0.435. The van der Waals surface area contributed by atoms with Gasteiger partial charge in [-0.3, -0.25) is 4.79 Å². The van der Waals surface area contributed by atoms with E-state index >= 15 is 0 Å². The van der Waals surface area contributed by atoms with E-state index in [0.29, 0.717) is 5.02 Å². The van der Waals surface area contributed by atoms with E-state index in [-0.39, 0.29) is 29.4 Å². The van der Waals surface area contributed by atoms with Gasteiger partial charge in [0.15, 0.2) is 0 Å². The minimum Gasteiger partial charge on any atom is -0.348 e. The van der Waals surface area contributed by atoms with E-state index in [2.05, 4.69) is 5.32 Å². The van der Waals surface area contributed by atoms with Crippen LogP contribution in [0.25, 0.3) is 0 Å². The predicted molar refractivity (Wildman–Crippen MR) is 120 cm³/mol. The topological polar surface area (TPSA) is 66.5 Å². The summed E-state index contributed by atoms with van der Waals surface area (Å²) in [5, 5.41) is 3.56. The van der Waals surface area contributed by atoms with Gasteiger partial charge in [-0.15, -0.1) is 0 Å². The Balaban J connectivity index is 1.79. The average molecular weight is 449 g/mol. The lowest BCUT2D eigenvalue weighted by atomic mass is 9.95. The number of carbonyl (C=O) groups excluding carboxylic acids is 1. The minimum atomic E-state index is -3.76. The molecule has 7 heteroatoms. The molecule has 0 radical (unpaired) electrons. The molecule has 3 rings (SSSR count). The zero-order valence-electron chi connectivity index (χ0n) is 17.5. The lowest BCUT2D eigenvalue weighted by Crippen LogP contribution is -2.47. The molecule has 0 aromatic heterocycles. The molecule has 1 N–H and O–H groups in total. The molecule has 1 aliphatic rings. The van der Waals surface area contributed by atoms with Gasteiger partial charge in [-0.1, -0.05) is 60.7 Å². The van der Waals surface area contributed by atoms with Gasteiger partial charge in [-0.05, 0) is 56.5 Å². The van der Waals surface area contributed by atoms with Gasteiger partial charge in [-0.25, -0.2) is 8.42 Å². The highest BCUT2D eigenvalue weighted by molar-refractivity contribution is 7.89. The summed E-state index contributed by atoms with van der Waals surface area (Å²) in [6.45, 7) is 3.61. The van der Waals surface area contributed by atoms with Gasteiger partial charge in [0.25, 0.3) is 0 Å². The van der Waals surface area contributed by atoms with Gasteiger partial charge in [-0.2, -0.15) is 4.31 Å². The quantitative estimate of drug-likeness (QED) is 0.658. The maximum atomic E-state index is 13.4. The summed E-state index contributed by atoms with van der Waals surface area (Å²) in [7, 11) is -3.76. The molecule has 0 saturated heterocycles. The lowest BCUT2D eigenvalue weighted by molar-refractivity contribution is -0.122. The van der Waals surface area contributed by atoms with Crippen LogP contribution in [0.5, 0.6) is 0 Å². The minimum absolute atomic E-state index is 0.151. The molecular formula is C23H29ClN2O3S. The highest BCUT2D eigenvalue weighted by Crippen LogP contribution is 2.28. The molecule has 1 saturated carbocycles. The summed E-state index contributed by atoms with van der Waals surface area (Å²) in [6.07, 6.45) is 4.63. The number of nitrogens with one attached hydrogen (secondary N) is 1. The zero-order chi connectivity index (χ0) is 21.7. The zero-order valence-corrected chi connectivity index (χ0v) is 19.0. The van der Waals surface area contributed by atoms with Crippen LogP contribution in [-0.2, 0) is 14.8 Å². The number of carbonyl (C=O) groups is 1. The summed E-state index contributed by atoms with van der Waals surface area (Å²) in [5.74, 6) is -0.307. The Hall–Kier alpha value is -1.89. The summed E-state index contributed by atoms with van der Waals surface area (Å²) in [6, 6.07) is 13.7. The molecule has 0 heterocycles. The SMILES string of the molecule is Cc1ccc(S(=O)(=O)N(CC(=O)NC(C)c2ccc(Cl)cc2)C2CCCCC2)cc1. The number of hydrogen-bond acceptors (Lipinski definition) is 3. The number of sulfonamides is 1. The molecule has 0 aliphatic heterocycles. The maximum absolute atomic E-state index is 13.4. The number of halogens is 1. The molecule has 0 spiro atoms. The first-order valence-corrected chi connectivity index (χ1v) is 12.2. The van der Waals surface area contributed by atoms with Crippen LogP contribution in [-0.4, -0.2) is 31.2 Å². The van der Waals surface area contributed by atoms with Crippen molar-refractivity contribution in [2.45, 2.75) is 62.9 Å². The Kier molecular flexibility index (Phi) is 7.55. The molecule has 30 heavy (non-hydrogen) atoms. The van der Waals surface area contributed by atoms with E-state index in [9.17, 15) is 13.2 Å². The van der Waals surface area contributed by atoms with Crippen molar-refractivity contribution in [2.75, 3.05) is 6.54 Å². The number of hydrogen-bond donors (Lipinski definition) is 1. The number of benzene rings is 2. The maximum Gasteiger partial charge on any atom is 0.243 e. The van der Waals surface area contributed by atoms with Crippen molar-refractivity contribution in [3.05, 3.63) is 64.7 Å². The van der Waals surface area contributed by atoms with Gasteiger partial charge in [0.1, 0.15) is 0 Å². The second-order valence-electron chi connectivity index (χ2n) is 8.00. The van der Waals surface area contributed by atoms with Crippen LogP contribution in [0.1, 0.15) is 56.2 Å². The smallest absolute Gasteiger partial charge is 0.243 e. The number of nitrogens with zero attached hydrogens (tertiary/aromatic N) is 1. The van der Waals surface area contributed by atoms with Crippen LogP contribution >= 0.6 is 11.6 Å². The number of amides is 1. The summed E-state index contributed by atoms with van der Waals surface area (Å²) in [5.41, 5.74) is 1.91. The van der Waals surface area contributed by atoms with Crippen molar-refractivity contribution in [1.29, 1.82) is 0 Å². The van der Waals surface area contributed by atoms with E-state index < -0.39 is 10.0 Å². The molecule has 2 aromatic carbocycles. The van der Waals surface area contributed by atoms with E-state index in [1.807, 2.05) is 26.0 Å². The van der Waals surface area contributed by atoms with Crippen LogP contribution in [0.2, 0.25) is 5.02 Å². The first-order chi connectivity index (χ1) is 14.3. The van der Waals surface area contributed by atoms with Crippen molar-refractivity contribution in [2.24, 2.45) is 0 Å². The van der Waals surface area contributed by atoms with Crippen molar-refractivity contribution in [3.8, 4) is 0 Å². The van der Waals surface area contributed by atoms with E-state index in [4.69, 9.17) is 11.6 Å². The normalized spacial score (nSPS) is 16.4. The molecular weight excluding hydrogens is 420 g/mol. The number of aryl methyl sites for hydroxylation is 1. The van der Waals surface area contributed by atoms with Crippen LogP contribution in [0.4, 0.5) is 0 Å². The van der Waals surface area contributed by atoms with Crippen LogP contribution < -0.4 is 5.32 Å². The Labute approximate surface area is 184 Å². The lowest BCUT2D eigenvalue weighted by Gasteiger charge is -2.33. The molecule has 1 fully saturated rings. The van der Waals surface area contributed by atoms with Crippen LogP contribution in [0.3, 0.4) is 0 Å². The van der Waals surface area contributed by atoms with Gasteiger partial charge in [0, 0.05) is 11.1 Å². The molecule has 1 unspecified atom stereocenters. The van der Waals surface area contributed by atoms with Gasteiger partial charge >= 0.3 is 0 Å². The van der Waals surface area contributed by atoms with Gasteiger partial charge in [0.05, 0.1) is 17.5 Å². The highest BCUT2D eigenvalue weighted by Gasteiger charge is 2.34. The van der Waals surface area contributed by atoms with Crippen molar-refractivity contribution in [3.63, 3.8) is 0 Å². The molecule has 162 valence electrons. The van der Waals surface area contributed by atoms with Crippen molar-refractivity contribution in [1.82, 2.24) is 9.62 Å². The molecule has 1 atom stereocenters. The fourth-order valence-corrected chi connectivity index (χ4v) is 5.66. The Bertz CT molecular complexity index is 953. The Morgan fingerprint density at radius 3 is 2.27 bits per heavy atom. The third-order valence-electron chi connectivity index (χ3n) is 5.66. The second kappa shape index (κ2) is 9.94. The van der Waals surface area contributed by atoms with Gasteiger partial charge in [0.2, 0.25) is 15.9 Å². The van der Waals surface area contributed by atoms with Crippen LogP contribution in [0, 0.1) is 6.92 Å². The Morgan fingerprint density at radius 1 is 1.07 bits per heavy atom.